The number of carbonyl (C=O) groups excluding carboxylic acids is 1. The summed E-state index contributed by atoms with van der Waals surface area (Å²) in [6.45, 7) is 2.88. The van der Waals surface area contributed by atoms with Crippen molar-refractivity contribution >= 4 is 5.91 Å². The molecule has 3 heterocycles. The second-order valence-corrected chi connectivity index (χ2v) is 4.99. The quantitative estimate of drug-likeness (QED) is 0.843. The zero-order valence-corrected chi connectivity index (χ0v) is 12.0. The van der Waals surface area contributed by atoms with E-state index in [2.05, 4.69) is 20.2 Å². The lowest BCUT2D eigenvalue weighted by atomic mass is 10.2. The second-order valence-electron chi connectivity index (χ2n) is 4.99. The predicted octanol–water partition coefficient (Wildman–Crippen LogP) is 0.0820. The first kappa shape index (κ1) is 14.3. The van der Waals surface area contributed by atoms with Crippen LogP contribution in [0.4, 0.5) is 0 Å². The molecule has 8 nitrogen and oxygen atoms in total. The van der Waals surface area contributed by atoms with Crippen molar-refractivity contribution in [3.63, 3.8) is 0 Å². The monoisotopic (exact) mass is 301 g/mol. The molecule has 0 aliphatic carbocycles. The zero-order chi connectivity index (χ0) is 15.5. The van der Waals surface area contributed by atoms with Crippen molar-refractivity contribution < 1.29 is 9.53 Å². The Labute approximate surface area is 126 Å². The van der Waals surface area contributed by atoms with Gasteiger partial charge in [0.25, 0.3) is 11.5 Å². The fourth-order valence-electron chi connectivity index (χ4n) is 2.33. The Balaban J connectivity index is 1.79. The van der Waals surface area contributed by atoms with Crippen LogP contribution in [0.5, 0.6) is 0 Å². The van der Waals surface area contributed by atoms with Gasteiger partial charge >= 0.3 is 0 Å². The van der Waals surface area contributed by atoms with Crippen LogP contribution in [-0.2, 0) is 4.74 Å². The number of rotatable bonds is 2. The normalized spacial score (nSPS) is 18.2. The van der Waals surface area contributed by atoms with Gasteiger partial charge in [0.1, 0.15) is 11.9 Å². The highest BCUT2D eigenvalue weighted by molar-refractivity contribution is 5.92. The molecule has 114 valence electrons. The summed E-state index contributed by atoms with van der Waals surface area (Å²) in [5.74, 6) is 0.220. The highest BCUT2D eigenvalue weighted by Crippen LogP contribution is 2.19. The second kappa shape index (κ2) is 6.02. The van der Waals surface area contributed by atoms with E-state index in [0.717, 1.165) is 0 Å². The topological polar surface area (TPSA) is 101 Å². The summed E-state index contributed by atoms with van der Waals surface area (Å²) in [6.07, 6.45) is 1.06. The molecular weight excluding hydrogens is 286 g/mol. The van der Waals surface area contributed by atoms with Gasteiger partial charge in [-0.25, -0.2) is 4.98 Å². The van der Waals surface area contributed by atoms with Crippen LogP contribution in [-0.4, -0.2) is 50.7 Å². The van der Waals surface area contributed by atoms with E-state index in [4.69, 9.17) is 4.74 Å². The Kier molecular flexibility index (Phi) is 3.92. The molecule has 8 heteroatoms. The molecule has 0 bridgehead atoms. The Morgan fingerprint density at radius 3 is 3.09 bits per heavy atom. The summed E-state index contributed by atoms with van der Waals surface area (Å²) in [6, 6.07) is 4.69. The van der Waals surface area contributed by atoms with E-state index in [0.29, 0.717) is 31.2 Å². The van der Waals surface area contributed by atoms with E-state index in [1.807, 2.05) is 0 Å². The number of carbonyl (C=O) groups is 1. The Hall–Kier alpha value is -2.61. The molecular formula is C14H15N5O3. The first-order chi connectivity index (χ1) is 10.6. The van der Waals surface area contributed by atoms with Crippen molar-refractivity contribution in [2.75, 3.05) is 19.7 Å². The van der Waals surface area contributed by atoms with E-state index in [1.54, 1.807) is 24.0 Å². The minimum atomic E-state index is -0.457. The van der Waals surface area contributed by atoms with Crippen LogP contribution in [0.25, 0.3) is 0 Å². The van der Waals surface area contributed by atoms with E-state index in [1.165, 1.54) is 12.3 Å². The van der Waals surface area contributed by atoms with Gasteiger partial charge in [-0.2, -0.15) is 5.10 Å². The fourth-order valence-corrected chi connectivity index (χ4v) is 2.33. The molecule has 1 N–H and O–H groups in total. The number of ether oxygens (including phenoxy) is 1. The number of hydrogen-bond acceptors (Lipinski definition) is 6. The van der Waals surface area contributed by atoms with Crippen LogP contribution in [0.1, 0.15) is 28.1 Å². The first-order valence-electron chi connectivity index (χ1n) is 6.90. The lowest BCUT2D eigenvalue weighted by molar-refractivity contribution is -0.0272. The summed E-state index contributed by atoms with van der Waals surface area (Å²) in [5.41, 5.74) is 0.664. The van der Waals surface area contributed by atoms with Gasteiger partial charge in [0.2, 0.25) is 0 Å². The molecule has 1 amide bonds. The van der Waals surface area contributed by atoms with Crippen LogP contribution < -0.4 is 5.56 Å². The lowest BCUT2D eigenvalue weighted by Gasteiger charge is -2.32. The molecule has 0 aromatic carbocycles. The molecule has 0 saturated carbocycles. The van der Waals surface area contributed by atoms with Gasteiger partial charge in [-0.05, 0) is 19.1 Å². The van der Waals surface area contributed by atoms with E-state index in [-0.39, 0.29) is 17.2 Å². The van der Waals surface area contributed by atoms with Crippen molar-refractivity contribution in [3.8, 4) is 0 Å². The molecule has 0 unspecified atom stereocenters. The van der Waals surface area contributed by atoms with Crippen LogP contribution in [0.15, 0.2) is 29.2 Å². The van der Waals surface area contributed by atoms with Gasteiger partial charge in [0, 0.05) is 24.5 Å². The smallest absolute Gasteiger partial charge is 0.274 e. The molecule has 1 fully saturated rings. The SMILES string of the molecule is Cc1cc(=O)[nH]c([C@H]2CN(C(=O)c3cccnn3)CCO2)n1. The number of aromatic nitrogens is 4. The molecule has 3 rings (SSSR count). The molecule has 1 aliphatic rings. The summed E-state index contributed by atoms with van der Waals surface area (Å²) in [5, 5.41) is 7.54. The maximum absolute atomic E-state index is 12.4. The third kappa shape index (κ3) is 3.01. The molecule has 0 spiro atoms. The number of aromatic amines is 1. The zero-order valence-electron chi connectivity index (χ0n) is 12.0. The summed E-state index contributed by atoms with van der Waals surface area (Å²) in [7, 11) is 0. The van der Waals surface area contributed by atoms with Crippen LogP contribution in [0, 0.1) is 6.92 Å². The third-order valence-corrected chi connectivity index (χ3v) is 3.34. The Bertz CT molecular complexity index is 731. The summed E-state index contributed by atoms with van der Waals surface area (Å²) >= 11 is 0. The number of amides is 1. The molecule has 2 aromatic rings. The molecule has 1 aliphatic heterocycles. The van der Waals surface area contributed by atoms with Gasteiger partial charge in [-0.15, -0.1) is 5.10 Å². The van der Waals surface area contributed by atoms with E-state index < -0.39 is 6.10 Å². The summed E-state index contributed by atoms with van der Waals surface area (Å²) in [4.78, 5) is 32.5. The van der Waals surface area contributed by atoms with Gasteiger partial charge in [-0.1, -0.05) is 0 Å². The van der Waals surface area contributed by atoms with Crippen LogP contribution in [0.2, 0.25) is 0 Å². The lowest BCUT2D eigenvalue weighted by Crippen LogP contribution is -2.43. The van der Waals surface area contributed by atoms with Crippen LogP contribution in [0.3, 0.4) is 0 Å². The van der Waals surface area contributed by atoms with Gasteiger partial charge in [0.15, 0.2) is 5.69 Å². The van der Waals surface area contributed by atoms with Gasteiger partial charge < -0.3 is 14.6 Å². The maximum Gasteiger partial charge on any atom is 0.274 e. The van der Waals surface area contributed by atoms with Gasteiger partial charge in [-0.3, -0.25) is 9.59 Å². The number of morpholine rings is 1. The summed E-state index contributed by atoms with van der Waals surface area (Å²) < 4.78 is 5.63. The standard InChI is InChI=1S/C14H15N5O3/c1-9-7-12(20)17-13(16-9)11-8-19(5-6-22-11)14(21)10-3-2-4-15-18-10/h2-4,7,11H,5-6,8H2,1H3,(H,16,17,20)/t11-/m1/s1. The number of hydrogen-bond donors (Lipinski definition) is 1. The highest BCUT2D eigenvalue weighted by Gasteiger charge is 2.28. The van der Waals surface area contributed by atoms with Crippen LogP contribution >= 0.6 is 0 Å². The molecule has 22 heavy (non-hydrogen) atoms. The van der Waals surface area contributed by atoms with E-state index in [9.17, 15) is 9.59 Å². The minimum Gasteiger partial charge on any atom is -0.367 e. The van der Waals surface area contributed by atoms with Crippen molar-refractivity contribution in [2.45, 2.75) is 13.0 Å². The predicted molar refractivity (Wildman–Crippen MR) is 76.2 cm³/mol. The average molecular weight is 301 g/mol. The molecule has 2 aromatic heterocycles. The van der Waals surface area contributed by atoms with Crippen molar-refractivity contribution in [1.82, 2.24) is 25.1 Å². The largest absolute Gasteiger partial charge is 0.367 e. The van der Waals surface area contributed by atoms with Gasteiger partial charge in [0.05, 0.1) is 13.2 Å². The first-order valence-corrected chi connectivity index (χ1v) is 6.90. The number of H-pyrrole nitrogens is 1. The van der Waals surface area contributed by atoms with E-state index >= 15 is 0 Å². The Morgan fingerprint density at radius 1 is 1.50 bits per heavy atom. The molecule has 0 radical (unpaired) electrons. The Morgan fingerprint density at radius 2 is 2.36 bits per heavy atom. The fraction of sp³-hybridized carbons (Fsp3) is 0.357. The third-order valence-electron chi connectivity index (χ3n) is 3.34. The number of nitrogens with one attached hydrogen (secondary N) is 1. The highest BCUT2D eigenvalue weighted by atomic mass is 16.5. The molecule has 1 saturated heterocycles. The molecule has 1 atom stereocenters. The number of nitrogens with zero attached hydrogens (tertiary/aromatic N) is 4. The van der Waals surface area contributed by atoms with Crippen molar-refractivity contribution in [3.05, 3.63) is 52.0 Å². The number of aryl methyl sites for hydroxylation is 1. The average Bonchev–Trinajstić information content (AvgIpc) is 2.54. The minimum absolute atomic E-state index is 0.212. The van der Waals surface area contributed by atoms with Crippen molar-refractivity contribution in [2.24, 2.45) is 0 Å². The maximum atomic E-state index is 12.4. The van der Waals surface area contributed by atoms with Crippen molar-refractivity contribution in [1.29, 1.82) is 0 Å².